The van der Waals surface area contributed by atoms with Crippen molar-refractivity contribution in [2.45, 2.75) is 32.3 Å². The van der Waals surface area contributed by atoms with Crippen LogP contribution in [0.25, 0.3) is 0 Å². The summed E-state index contributed by atoms with van der Waals surface area (Å²) in [6, 6.07) is 14.4. The third-order valence-corrected chi connectivity index (χ3v) is 4.66. The van der Waals surface area contributed by atoms with Crippen molar-refractivity contribution >= 4 is 17.4 Å². The first-order valence-electron chi connectivity index (χ1n) is 8.27. The molecule has 2 aromatic carbocycles. The van der Waals surface area contributed by atoms with Gasteiger partial charge in [-0.25, -0.2) is 0 Å². The smallest absolute Gasteiger partial charge is 0.264 e. The van der Waals surface area contributed by atoms with Crippen molar-refractivity contribution in [1.82, 2.24) is 0 Å². The Hall–Kier alpha value is -2.46. The fraction of sp³-hybridized carbons (Fsp3) is 0.300. The fourth-order valence-corrected chi connectivity index (χ4v) is 3.25. The predicted molar refractivity (Wildman–Crippen MR) is 93.1 cm³/mol. The number of aliphatic hydroxyl groups is 1. The molecule has 1 heterocycles. The maximum Gasteiger partial charge on any atom is 0.264 e. The molecule has 2 aromatic rings. The van der Waals surface area contributed by atoms with E-state index >= 15 is 0 Å². The van der Waals surface area contributed by atoms with Crippen LogP contribution in [0, 0.1) is 0 Å². The van der Waals surface area contributed by atoms with E-state index in [0.29, 0.717) is 23.4 Å². The highest BCUT2D eigenvalue weighted by Crippen LogP contribution is 2.42. The number of fused-ring (bicyclic) bond motifs is 1. The summed E-state index contributed by atoms with van der Waals surface area (Å²) in [5, 5.41) is 11.0. The molecule has 4 heteroatoms. The van der Waals surface area contributed by atoms with Crippen molar-refractivity contribution in [2.24, 2.45) is 0 Å². The van der Waals surface area contributed by atoms with Crippen LogP contribution in [-0.4, -0.2) is 23.3 Å². The number of Topliss-reactive ketones (excluding diaryl/α,β-unsaturated/α-hetero) is 1. The Labute approximate surface area is 141 Å². The Morgan fingerprint density at radius 1 is 1.08 bits per heavy atom. The lowest BCUT2D eigenvalue weighted by molar-refractivity contribution is -0.135. The molecule has 1 amide bonds. The van der Waals surface area contributed by atoms with Crippen molar-refractivity contribution in [3.05, 3.63) is 65.2 Å². The average molecular weight is 323 g/mol. The fourth-order valence-electron chi connectivity index (χ4n) is 3.25. The van der Waals surface area contributed by atoms with Gasteiger partial charge in [-0.2, -0.15) is 0 Å². The molecule has 0 spiro atoms. The molecule has 0 aliphatic carbocycles. The minimum Gasteiger partial charge on any atom is -0.375 e. The lowest BCUT2D eigenvalue weighted by Gasteiger charge is -2.22. The van der Waals surface area contributed by atoms with Gasteiger partial charge in [0, 0.05) is 17.7 Å². The maximum atomic E-state index is 12.7. The number of hydrogen-bond donors (Lipinski definition) is 1. The summed E-state index contributed by atoms with van der Waals surface area (Å²) in [6.45, 7) is 4.36. The molecule has 0 saturated carbocycles. The first-order chi connectivity index (χ1) is 11.5. The van der Waals surface area contributed by atoms with Crippen LogP contribution in [0.2, 0.25) is 0 Å². The van der Waals surface area contributed by atoms with E-state index in [1.54, 1.807) is 30.3 Å². The Bertz CT molecular complexity index is 782. The largest absolute Gasteiger partial charge is 0.375 e. The number of amides is 1. The van der Waals surface area contributed by atoms with Crippen LogP contribution in [0.1, 0.15) is 41.8 Å². The monoisotopic (exact) mass is 323 g/mol. The topological polar surface area (TPSA) is 57.6 Å². The molecule has 1 N–H and O–H groups in total. The number of hydrogen-bond acceptors (Lipinski definition) is 3. The highest BCUT2D eigenvalue weighted by molar-refractivity contribution is 6.10. The molecular formula is C20H21NO3. The molecule has 24 heavy (non-hydrogen) atoms. The van der Waals surface area contributed by atoms with Gasteiger partial charge in [0.2, 0.25) is 0 Å². The first-order valence-corrected chi connectivity index (χ1v) is 8.27. The minimum absolute atomic E-state index is 0.235. The van der Waals surface area contributed by atoms with Crippen molar-refractivity contribution in [1.29, 1.82) is 0 Å². The second kappa shape index (κ2) is 6.21. The normalized spacial score (nSPS) is 19.5. The van der Waals surface area contributed by atoms with Gasteiger partial charge in [-0.3, -0.25) is 9.59 Å². The van der Waals surface area contributed by atoms with Crippen molar-refractivity contribution in [2.75, 3.05) is 11.4 Å². The van der Waals surface area contributed by atoms with E-state index in [4.69, 9.17) is 0 Å². The molecule has 1 aliphatic heterocycles. The van der Waals surface area contributed by atoms with Gasteiger partial charge < -0.3 is 10.0 Å². The number of anilines is 1. The summed E-state index contributed by atoms with van der Waals surface area (Å²) in [7, 11) is 0. The molecule has 0 unspecified atom stereocenters. The van der Waals surface area contributed by atoms with Crippen LogP contribution in [0.3, 0.4) is 0 Å². The second-order valence-corrected chi connectivity index (χ2v) is 6.08. The Balaban J connectivity index is 1.93. The highest BCUT2D eigenvalue weighted by atomic mass is 16.3. The summed E-state index contributed by atoms with van der Waals surface area (Å²) in [4.78, 5) is 26.9. The number of rotatable bonds is 5. The maximum absolute atomic E-state index is 12.7. The van der Waals surface area contributed by atoms with Crippen LogP contribution < -0.4 is 4.90 Å². The van der Waals surface area contributed by atoms with Gasteiger partial charge in [-0.1, -0.05) is 49.4 Å². The standard InChI is InChI=1S/C20H21NO3/c1-3-14-9-11-15(12-10-14)18(22)13-20(24)16-7-5-6-8-17(16)21(4-2)19(20)23/h5-12,24H,3-4,13H2,1-2H3/t20-/m1/s1. The summed E-state index contributed by atoms with van der Waals surface area (Å²) >= 11 is 0. The summed E-state index contributed by atoms with van der Waals surface area (Å²) in [5.74, 6) is -0.661. The predicted octanol–water partition coefficient (Wildman–Crippen LogP) is 3.08. The summed E-state index contributed by atoms with van der Waals surface area (Å²) in [6.07, 6.45) is 0.653. The summed E-state index contributed by atoms with van der Waals surface area (Å²) in [5.41, 5.74) is 1.06. The number of para-hydroxylation sites is 1. The van der Waals surface area contributed by atoms with Crippen LogP contribution >= 0.6 is 0 Å². The quantitative estimate of drug-likeness (QED) is 0.860. The number of ketones is 1. The van der Waals surface area contributed by atoms with E-state index in [0.717, 1.165) is 12.0 Å². The van der Waals surface area contributed by atoms with Gasteiger partial charge in [0.25, 0.3) is 5.91 Å². The molecule has 3 rings (SSSR count). The lowest BCUT2D eigenvalue weighted by atomic mass is 9.88. The van der Waals surface area contributed by atoms with E-state index in [-0.39, 0.29) is 12.2 Å². The zero-order chi connectivity index (χ0) is 17.3. The lowest BCUT2D eigenvalue weighted by Crippen LogP contribution is -2.41. The second-order valence-electron chi connectivity index (χ2n) is 6.08. The van der Waals surface area contributed by atoms with Crippen molar-refractivity contribution < 1.29 is 14.7 Å². The van der Waals surface area contributed by atoms with Gasteiger partial charge in [0.15, 0.2) is 11.4 Å². The van der Waals surface area contributed by atoms with Gasteiger partial charge in [0.05, 0.1) is 12.1 Å². The zero-order valence-corrected chi connectivity index (χ0v) is 14.0. The molecule has 0 fully saturated rings. The molecule has 1 atom stereocenters. The van der Waals surface area contributed by atoms with Gasteiger partial charge >= 0.3 is 0 Å². The molecule has 1 aliphatic rings. The first kappa shape index (κ1) is 16.4. The van der Waals surface area contributed by atoms with Crippen molar-refractivity contribution in [3.63, 3.8) is 0 Å². The van der Waals surface area contributed by atoms with E-state index in [2.05, 4.69) is 0 Å². The van der Waals surface area contributed by atoms with Crippen LogP contribution in [0.4, 0.5) is 5.69 Å². The molecule has 0 radical (unpaired) electrons. The molecule has 4 nitrogen and oxygen atoms in total. The highest BCUT2D eigenvalue weighted by Gasteiger charge is 2.50. The number of benzene rings is 2. The van der Waals surface area contributed by atoms with E-state index in [1.165, 1.54) is 4.90 Å². The molecule has 0 bridgehead atoms. The molecule has 0 saturated heterocycles. The van der Waals surface area contributed by atoms with E-state index in [9.17, 15) is 14.7 Å². The Morgan fingerprint density at radius 2 is 1.75 bits per heavy atom. The number of likely N-dealkylation sites (N-methyl/N-ethyl adjacent to an activating group) is 1. The third-order valence-electron chi connectivity index (χ3n) is 4.66. The zero-order valence-electron chi connectivity index (χ0n) is 14.0. The number of carbonyl (C=O) groups is 2. The minimum atomic E-state index is -1.78. The van der Waals surface area contributed by atoms with Crippen LogP contribution in [-0.2, 0) is 16.8 Å². The van der Waals surface area contributed by atoms with Crippen molar-refractivity contribution in [3.8, 4) is 0 Å². The molecule has 124 valence electrons. The SMILES string of the molecule is CCc1ccc(C(=O)C[C@]2(O)C(=O)N(CC)c3ccccc32)cc1. The number of aryl methyl sites for hydroxylation is 1. The number of carbonyl (C=O) groups excluding carboxylic acids is 2. The summed E-state index contributed by atoms with van der Waals surface area (Å²) < 4.78 is 0. The molecule has 0 aromatic heterocycles. The number of nitrogens with zero attached hydrogens (tertiary/aromatic N) is 1. The Morgan fingerprint density at radius 3 is 2.38 bits per heavy atom. The van der Waals surface area contributed by atoms with E-state index < -0.39 is 11.5 Å². The van der Waals surface area contributed by atoms with Gasteiger partial charge in [-0.05, 0) is 25.0 Å². The average Bonchev–Trinajstić information content (AvgIpc) is 2.82. The Kier molecular flexibility index (Phi) is 4.24. The van der Waals surface area contributed by atoms with E-state index in [1.807, 2.05) is 32.0 Å². The third kappa shape index (κ3) is 2.53. The van der Waals surface area contributed by atoms with Gasteiger partial charge in [-0.15, -0.1) is 0 Å². The molecular weight excluding hydrogens is 302 g/mol. The van der Waals surface area contributed by atoms with Gasteiger partial charge in [0.1, 0.15) is 0 Å². The van der Waals surface area contributed by atoms with Crippen LogP contribution in [0.5, 0.6) is 0 Å². The van der Waals surface area contributed by atoms with Crippen LogP contribution in [0.15, 0.2) is 48.5 Å².